The predicted octanol–water partition coefficient (Wildman–Crippen LogP) is 8.39. The third kappa shape index (κ3) is 4.94. The van der Waals surface area contributed by atoms with Crippen LogP contribution in [-0.4, -0.2) is 5.84 Å². The number of nitrogens with zero attached hydrogens (tertiary/aromatic N) is 1. The van der Waals surface area contributed by atoms with E-state index >= 15 is 0 Å². The van der Waals surface area contributed by atoms with E-state index in [4.69, 9.17) is 16.6 Å². The molecule has 0 bridgehead atoms. The lowest BCUT2D eigenvalue weighted by Gasteiger charge is -2.20. The normalized spacial score (nSPS) is 12.0. The van der Waals surface area contributed by atoms with E-state index in [1.54, 1.807) is 0 Å². The topological polar surface area (TPSA) is 24.4 Å². The van der Waals surface area contributed by atoms with Gasteiger partial charge in [-0.25, -0.2) is 4.99 Å². The van der Waals surface area contributed by atoms with E-state index in [2.05, 4.69) is 83.3 Å². The van der Waals surface area contributed by atoms with Crippen LogP contribution in [0, 0.1) is 13.8 Å². The molecule has 0 unspecified atom stereocenters. The van der Waals surface area contributed by atoms with Crippen LogP contribution in [0.4, 0.5) is 11.4 Å². The number of anilines is 1. The number of hydrogen-bond acceptors (Lipinski definition) is 1. The first kappa shape index (κ1) is 22.1. The second-order valence-electron chi connectivity index (χ2n) is 8.45. The Morgan fingerprint density at radius 1 is 0.767 bits per heavy atom. The van der Waals surface area contributed by atoms with Crippen molar-refractivity contribution in [1.82, 2.24) is 0 Å². The van der Waals surface area contributed by atoms with Crippen LogP contribution in [0.25, 0.3) is 0 Å². The molecule has 0 saturated heterocycles. The molecule has 0 fully saturated rings. The van der Waals surface area contributed by atoms with Crippen LogP contribution in [0.5, 0.6) is 0 Å². The average Bonchev–Trinajstić information content (AvgIpc) is 2.70. The molecule has 0 aromatic heterocycles. The molecule has 0 spiro atoms. The van der Waals surface area contributed by atoms with Crippen molar-refractivity contribution in [2.75, 3.05) is 5.32 Å². The maximum atomic E-state index is 6.16. The van der Waals surface area contributed by atoms with E-state index in [9.17, 15) is 0 Å². The minimum atomic E-state index is 0.389. The quantitative estimate of drug-likeness (QED) is 0.326. The highest BCUT2D eigenvalue weighted by atomic mass is 35.5. The molecule has 0 aliphatic carbocycles. The van der Waals surface area contributed by atoms with Gasteiger partial charge in [0.2, 0.25) is 0 Å². The first-order chi connectivity index (χ1) is 14.3. The van der Waals surface area contributed by atoms with E-state index < -0.39 is 0 Å². The van der Waals surface area contributed by atoms with Gasteiger partial charge in [0.25, 0.3) is 0 Å². The van der Waals surface area contributed by atoms with Crippen molar-refractivity contribution in [3.63, 3.8) is 0 Å². The molecule has 2 nitrogen and oxygen atoms in total. The zero-order chi connectivity index (χ0) is 21.8. The Morgan fingerprint density at radius 2 is 1.33 bits per heavy atom. The lowest BCUT2D eigenvalue weighted by Crippen LogP contribution is -2.16. The third-order valence-corrected chi connectivity index (χ3v) is 5.65. The fourth-order valence-electron chi connectivity index (χ4n) is 3.65. The van der Waals surface area contributed by atoms with Crippen LogP contribution in [-0.2, 0) is 0 Å². The Labute approximate surface area is 186 Å². The molecule has 0 radical (unpaired) electrons. The maximum absolute atomic E-state index is 6.16. The Bertz CT molecular complexity index is 1050. The van der Waals surface area contributed by atoms with Crippen LogP contribution in [0.1, 0.15) is 67.3 Å². The molecule has 0 heterocycles. The summed E-state index contributed by atoms with van der Waals surface area (Å²) in [5.41, 5.74) is 8.07. The van der Waals surface area contributed by atoms with Gasteiger partial charge in [-0.15, -0.1) is 0 Å². The van der Waals surface area contributed by atoms with Gasteiger partial charge in [-0.3, -0.25) is 0 Å². The summed E-state index contributed by atoms with van der Waals surface area (Å²) in [6.45, 7) is 13.1. The molecule has 3 heteroatoms. The van der Waals surface area contributed by atoms with Crippen LogP contribution in [0.2, 0.25) is 5.02 Å². The van der Waals surface area contributed by atoms with Gasteiger partial charge in [0, 0.05) is 16.3 Å². The van der Waals surface area contributed by atoms with Gasteiger partial charge in [-0.2, -0.15) is 0 Å². The lowest BCUT2D eigenvalue weighted by atomic mass is 9.97. The standard InChI is InChI=1S/C27H31ClN2/c1-17(2)23-11-7-9-19(5)25(23)29-27(21-13-15-22(28)16-14-21)30-26-20(6)10-8-12-24(26)18(3)4/h7-18H,1-6H3,(H,29,30). The molecule has 0 saturated carbocycles. The molecule has 0 amide bonds. The molecule has 156 valence electrons. The predicted molar refractivity (Wildman–Crippen MR) is 132 cm³/mol. The first-order valence-electron chi connectivity index (χ1n) is 10.6. The fourth-order valence-corrected chi connectivity index (χ4v) is 3.77. The SMILES string of the molecule is Cc1cccc(C(C)C)c1N=C(Nc1c(C)cccc1C(C)C)c1ccc(Cl)cc1. The lowest BCUT2D eigenvalue weighted by molar-refractivity contribution is 0.864. The van der Waals surface area contributed by atoms with E-state index in [1.165, 1.54) is 22.3 Å². The number of para-hydroxylation sites is 2. The summed E-state index contributed by atoms with van der Waals surface area (Å²) in [5, 5.41) is 4.40. The number of rotatable bonds is 5. The molecule has 3 aromatic carbocycles. The second kappa shape index (κ2) is 9.49. The number of nitrogens with one attached hydrogen (secondary N) is 1. The Hall–Kier alpha value is -2.58. The maximum Gasteiger partial charge on any atom is 0.138 e. The van der Waals surface area contributed by atoms with Crippen LogP contribution in [0.15, 0.2) is 65.7 Å². The summed E-state index contributed by atoms with van der Waals surface area (Å²) < 4.78 is 0. The summed E-state index contributed by atoms with van der Waals surface area (Å²) in [6, 6.07) is 20.7. The molecule has 0 aliphatic rings. The zero-order valence-electron chi connectivity index (χ0n) is 18.8. The summed E-state index contributed by atoms with van der Waals surface area (Å²) in [4.78, 5) is 5.18. The molecule has 1 N–H and O–H groups in total. The van der Waals surface area contributed by atoms with Crippen molar-refractivity contribution >= 4 is 28.8 Å². The minimum Gasteiger partial charge on any atom is -0.339 e. The van der Waals surface area contributed by atoms with Gasteiger partial charge in [0.05, 0.1) is 5.69 Å². The second-order valence-corrected chi connectivity index (χ2v) is 8.89. The van der Waals surface area contributed by atoms with Crippen molar-refractivity contribution in [1.29, 1.82) is 0 Å². The highest BCUT2D eigenvalue weighted by Crippen LogP contribution is 2.32. The van der Waals surface area contributed by atoms with Crippen molar-refractivity contribution in [2.45, 2.75) is 53.4 Å². The third-order valence-electron chi connectivity index (χ3n) is 5.40. The summed E-state index contributed by atoms with van der Waals surface area (Å²) in [5.74, 6) is 1.63. The summed E-state index contributed by atoms with van der Waals surface area (Å²) >= 11 is 6.16. The Balaban J connectivity index is 2.20. The van der Waals surface area contributed by atoms with Crippen LogP contribution < -0.4 is 5.32 Å². The molecule has 3 rings (SSSR count). The van der Waals surface area contributed by atoms with E-state index in [0.717, 1.165) is 27.8 Å². The monoisotopic (exact) mass is 418 g/mol. The number of aliphatic imine (C=N–C) groups is 1. The number of aryl methyl sites for hydroxylation is 2. The van der Waals surface area contributed by atoms with Gasteiger partial charge < -0.3 is 5.32 Å². The molecule has 0 aliphatic heterocycles. The van der Waals surface area contributed by atoms with Crippen molar-refractivity contribution in [3.05, 3.63) is 93.5 Å². The molecular weight excluding hydrogens is 388 g/mol. The molecule has 30 heavy (non-hydrogen) atoms. The van der Waals surface area contributed by atoms with E-state index in [-0.39, 0.29) is 0 Å². The van der Waals surface area contributed by atoms with Crippen LogP contribution >= 0.6 is 11.6 Å². The highest BCUT2D eigenvalue weighted by molar-refractivity contribution is 6.30. The van der Waals surface area contributed by atoms with Gasteiger partial charge in [-0.1, -0.05) is 75.7 Å². The average molecular weight is 419 g/mol. The highest BCUT2D eigenvalue weighted by Gasteiger charge is 2.15. The van der Waals surface area contributed by atoms with Gasteiger partial charge >= 0.3 is 0 Å². The smallest absolute Gasteiger partial charge is 0.138 e. The Morgan fingerprint density at radius 3 is 1.93 bits per heavy atom. The van der Waals surface area contributed by atoms with Crippen molar-refractivity contribution < 1.29 is 0 Å². The molecular formula is C27H31ClN2. The van der Waals surface area contributed by atoms with Crippen molar-refractivity contribution in [2.24, 2.45) is 4.99 Å². The largest absolute Gasteiger partial charge is 0.339 e. The number of halogens is 1. The van der Waals surface area contributed by atoms with Gasteiger partial charge in [0.1, 0.15) is 5.84 Å². The summed E-state index contributed by atoms with van der Waals surface area (Å²) in [7, 11) is 0. The van der Waals surface area contributed by atoms with E-state index in [0.29, 0.717) is 11.8 Å². The van der Waals surface area contributed by atoms with Gasteiger partial charge in [-0.05, 0) is 72.2 Å². The zero-order valence-corrected chi connectivity index (χ0v) is 19.5. The Kier molecular flexibility index (Phi) is 6.99. The number of benzene rings is 3. The molecule has 3 aromatic rings. The van der Waals surface area contributed by atoms with Gasteiger partial charge in [0.15, 0.2) is 0 Å². The van der Waals surface area contributed by atoms with Crippen molar-refractivity contribution in [3.8, 4) is 0 Å². The summed E-state index contributed by atoms with van der Waals surface area (Å²) in [6.07, 6.45) is 0. The number of amidine groups is 1. The van der Waals surface area contributed by atoms with E-state index in [1.807, 2.05) is 24.3 Å². The first-order valence-corrected chi connectivity index (χ1v) is 11.0. The number of hydrogen-bond donors (Lipinski definition) is 1. The fraction of sp³-hybridized carbons (Fsp3) is 0.296. The van der Waals surface area contributed by atoms with Crippen LogP contribution in [0.3, 0.4) is 0 Å². The minimum absolute atomic E-state index is 0.389. The molecule has 0 atom stereocenters.